The van der Waals surface area contributed by atoms with Crippen LogP contribution >= 0.6 is 0 Å². The Morgan fingerprint density at radius 3 is 1.30 bits per heavy atom. The summed E-state index contributed by atoms with van der Waals surface area (Å²) in [6.45, 7) is 0. The van der Waals surface area contributed by atoms with Crippen molar-refractivity contribution in [3.63, 3.8) is 0 Å². The predicted molar refractivity (Wildman–Crippen MR) is 218 cm³/mol. The minimum Gasteiger partial charge on any atom is -0.309 e. The molecule has 0 aliphatic rings. The van der Waals surface area contributed by atoms with Gasteiger partial charge in [-0.25, -0.2) is 0 Å². The molecule has 0 aliphatic heterocycles. The van der Waals surface area contributed by atoms with Gasteiger partial charge in [0.1, 0.15) is 11.0 Å². The van der Waals surface area contributed by atoms with Crippen molar-refractivity contribution in [3.05, 3.63) is 188 Å². The van der Waals surface area contributed by atoms with E-state index in [0.29, 0.717) is 0 Å². The molecular formula is C48H31N5. The molecular weight excluding hydrogens is 647 g/mol. The number of hydrogen-bond acceptors (Lipinski definition) is 2. The fourth-order valence-electron chi connectivity index (χ4n) is 8.01. The van der Waals surface area contributed by atoms with Crippen LogP contribution in [0.15, 0.2) is 188 Å². The molecule has 0 spiro atoms. The van der Waals surface area contributed by atoms with Crippen molar-refractivity contribution in [1.29, 1.82) is 0 Å². The molecule has 0 atom stereocenters. The van der Waals surface area contributed by atoms with Gasteiger partial charge < -0.3 is 9.13 Å². The Balaban J connectivity index is 0.929. The fraction of sp³-hybridized carbons (Fsp3) is 0. The summed E-state index contributed by atoms with van der Waals surface area (Å²) in [6, 6.07) is 66.8. The van der Waals surface area contributed by atoms with Crippen LogP contribution in [0.2, 0.25) is 0 Å². The minimum absolute atomic E-state index is 0.860. The van der Waals surface area contributed by atoms with Crippen molar-refractivity contribution in [2.45, 2.75) is 0 Å². The largest absolute Gasteiger partial charge is 0.309 e. The number of benzene rings is 8. The highest BCUT2D eigenvalue weighted by Gasteiger charge is 2.15. The molecule has 0 N–H and O–H groups in total. The second-order valence-corrected chi connectivity index (χ2v) is 13.6. The molecule has 0 radical (unpaired) electrons. The third-order valence-corrected chi connectivity index (χ3v) is 10.5. The van der Waals surface area contributed by atoms with Crippen molar-refractivity contribution in [2.75, 3.05) is 0 Å². The number of para-hydroxylation sites is 4. The quantitative estimate of drug-likeness (QED) is 0.182. The molecule has 53 heavy (non-hydrogen) atoms. The Morgan fingerprint density at radius 1 is 0.283 bits per heavy atom. The zero-order valence-corrected chi connectivity index (χ0v) is 28.6. The topological polar surface area (TPSA) is 40.6 Å². The molecule has 0 amide bonds. The Morgan fingerprint density at radius 2 is 0.717 bits per heavy atom. The van der Waals surface area contributed by atoms with Crippen molar-refractivity contribution in [3.8, 4) is 39.3 Å². The van der Waals surface area contributed by atoms with E-state index in [2.05, 4.69) is 197 Å². The van der Waals surface area contributed by atoms with Crippen molar-refractivity contribution < 1.29 is 0 Å². The van der Waals surface area contributed by atoms with E-state index < -0.39 is 0 Å². The smallest absolute Gasteiger partial charge is 0.114 e. The van der Waals surface area contributed by atoms with Crippen molar-refractivity contribution in [2.24, 2.45) is 0 Å². The summed E-state index contributed by atoms with van der Waals surface area (Å²) in [5, 5.41) is 14.7. The van der Waals surface area contributed by atoms with Crippen molar-refractivity contribution >= 4 is 54.6 Å². The summed E-state index contributed by atoms with van der Waals surface area (Å²) in [6.07, 6.45) is 0. The van der Waals surface area contributed by atoms with Gasteiger partial charge in [-0.1, -0.05) is 103 Å². The van der Waals surface area contributed by atoms with Gasteiger partial charge in [-0.2, -0.15) is 4.80 Å². The Kier molecular flexibility index (Phi) is 6.48. The normalized spacial score (nSPS) is 11.8. The van der Waals surface area contributed by atoms with Crippen molar-refractivity contribution in [1.82, 2.24) is 24.1 Å². The van der Waals surface area contributed by atoms with Crippen LogP contribution in [0.25, 0.3) is 94.0 Å². The summed E-state index contributed by atoms with van der Waals surface area (Å²) in [7, 11) is 0. The molecule has 0 unspecified atom stereocenters. The molecule has 11 rings (SSSR count). The second-order valence-electron chi connectivity index (χ2n) is 13.6. The maximum atomic E-state index is 4.93. The van der Waals surface area contributed by atoms with Gasteiger partial charge >= 0.3 is 0 Å². The van der Waals surface area contributed by atoms with E-state index in [0.717, 1.165) is 44.8 Å². The van der Waals surface area contributed by atoms with E-state index in [-0.39, 0.29) is 0 Å². The van der Waals surface area contributed by atoms with Gasteiger partial charge in [-0.05, 0) is 107 Å². The van der Waals surface area contributed by atoms with E-state index in [4.69, 9.17) is 10.2 Å². The van der Waals surface area contributed by atoms with Gasteiger partial charge in [0, 0.05) is 32.9 Å². The molecule has 0 saturated heterocycles. The molecule has 0 aliphatic carbocycles. The van der Waals surface area contributed by atoms with Crippen LogP contribution < -0.4 is 0 Å². The van der Waals surface area contributed by atoms with Gasteiger partial charge in [0.25, 0.3) is 0 Å². The summed E-state index contributed by atoms with van der Waals surface area (Å²) >= 11 is 0. The first kappa shape index (κ1) is 29.5. The third-order valence-electron chi connectivity index (χ3n) is 10.5. The lowest BCUT2D eigenvalue weighted by Crippen LogP contribution is -1.98. The summed E-state index contributed by atoms with van der Waals surface area (Å²) in [5.74, 6) is 0. The number of hydrogen-bond donors (Lipinski definition) is 0. The second kappa shape index (κ2) is 11.7. The molecule has 11 aromatic rings. The van der Waals surface area contributed by atoms with E-state index in [1.807, 2.05) is 0 Å². The van der Waals surface area contributed by atoms with E-state index in [9.17, 15) is 0 Å². The number of rotatable bonds is 5. The lowest BCUT2D eigenvalue weighted by Gasteiger charge is -2.08. The lowest BCUT2D eigenvalue weighted by molar-refractivity contribution is 0.766. The first-order valence-corrected chi connectivity index (χ1v) is 17.9. The molecule has 0 saturated carbocycles. The molecule has 3 heterocycles. The highest BCUT2D eigenvalue weighted by atomic mass is 15.5. The third kappa shape index (κ3) is 4.71. The number of fused-ring (bicyclic) bond motifs is 7. The number of aromatic nitrogens is 5. The Hall–Kier alpha value is -7.24. The van der Waals surface area contributed by atoms with Crippen LogP contribution in [-0.4, -0.2) is 24.1 Å². The van der Waals surface area contributed by atoms with Crippen LogP contribution in [0.3, 0.4) is 0 Å². The standard InChI is InChI=1S/C48H31N5/c1-3-11-36(12-4-1)51-45-17-9-7-15-39(45)41-29-33(22-27-47(41)51)32-19-24-38(25-20-32)53-49-43-26-21-35(31-44(43)50-53)34-23-28-48-42(30-34)40-16-8-10-18-46(40)52(48)37-13-5-2-6-14-37/h1-31H. The predicted octanol–water partition coefficient (Wildman–Crippen LogP) is 11.9. The molecule has 5 nitrogen and oxygen atoms in total. The van der Waals surface area contributed by atoms with Gasteiger partial charge in [-0.15, -0.1) is 10.2 Å². The first-order valence-electron chi connectivity index (χ1n) is 17.9. The van der Waals surface area contributed by atoms with Crippen LogP contribution in [0.4, 0.5) is 0 Å². The SMILES string of the molecule is c1ccc(-n2c3ccccc3c3cc(-c4ccc(-n5nc6ccc(-c7ccc8c(c7)c7ccccc7n8-c7ccccc7)cc6n5)cc4)ccc32)cc1. The molecule has 0 fully saturated rings. The zero-order chi connectivity index (χ0) is 34.9. The summed E-state index contributed by atoms with van der Waals surface area (Å²) in [5.41, 5.74) is 14.3. The Bertz CT molecular complexity index is 3150. The van der Waals surface area contributed by atoms with E-state index in [1.54, 1.807) is 4.80 Å². The van der Waals surface area contributed by atoms with Gasteiger partial charge in [-0.3, -0.25) is 0 Å². The highest BCUT2D eigenvalue weighted by molar-refractivity contribution is 6.11. The van der Waals surface area contributed by atoms with E-state index >= 15 is 0 Å². The molecule has 3 aromatic heterocycles. The maximum Gasteiger partial charge on any atom is 0.114 e. The van der Waals surface area contributed by atoms with Crippen LogP contribution in [0.5, 0.6) is 0 Å². The van der Waals surface area contributed by atoms with Gasteiger partial charge in [0.05, 0.1) is 27.8 Å². The van der Waals surface area contributed by atoms with Crippen LogP contribution in [-0.2, 0) is 0 Å². The summed E-state index contributed by atoms with van der Waals surface area (Å²) in [4.78, 5) is 1.74. The molecule has 0 bridgehead atoms. The highest BCUT2D eigenvalue weighted by Crippen LogP contribution is 2.37. The zero-order valence-electron chi connectivity index (χ0n) is 28.6. The first-order chi connectivity index (χ1) is 26.3. The fourth-order valence-corrected chi connectivity index (χ4v) is 8.01. The number of nitrogens with zero attached hydrogens (tertiary/aromatic N) is 5. The molecule has 5 heteroatoms. The van der Waals surface area contributed by atoms with Gasteiger partial charge in [0.2, 0.25) is 0 Å². The van der Waals surface area contributed by atoms with Crippen LogP contribution in [0.1, 0.15) is 0 Å². The maximum absolute atomic E-state index is 4.93. The monoisotopic (exact) mass is 677 g/mol. The lowest BCUT2D eigenvalue weighted by atomic mass is 10.0. The van der Waals surface area contributed by atoms with Gasteiger partial charge in [0.15, 0.2) is 0 Å². The van der Waals surface area contributed by atoms with E-state index in [1.165, 1.54) is 49.2 Å². The average Bonchev–Trinajstić information content (AvgIpc) is 3.91. The Labute approximate surface area is 305 Å². The minimum atomic E-state index is 0.860. The molecule has 8 aromatic carbocycles. The summed E-state index contributed by atoms with van der Waals surface area (Å²) < 4.78 is 4.69. The average molecular weight is 678 g/mol. The molecule has 248 valence electrons. The van der Waals surface area contributed by atoms with Crippen LogP contribution in [0, 0.1) is 0 Å².